The number of aliphatic imine (C=N–C) groups is 1. The Kier molecular flexibility index (Phi) is 8.24. The van der Waals surface area contributed by atoms with E-state index in [9.17, 15) is 13.2 Å². The summed E-state index contributed by atoms with van der Waals surface area (Å²) in [4.78, 5) is 17.7. The molecule has 33 heavy (non-hydrogen) atoms. The predicted molar refractivity (Wildman–Crippen MR) is 125 cm³/mol. The lowest BCUT2D eigenvalue weighted by Crippen LogP contribution is -2.47. The van der Waals surface area contributed by atoms with Crippen molar-refractivity contribution in [1.82, 2.24) is 5.32 Å². The van der Waals surface area contributed by atoms with Crippen LogP contribution in [0.5, 0.6) is 5.75 Å². The van der Waals surface area contributed by atoms with Crippen LogP contribution >= 0.6 is 0 Å². The first-order chi connectivity index (χ1) is 15.9. The fraction of sp³-hybridized carbons (Fsp3) is 0.333. The molecule has 8 nitrogen and oxygen atoms in total. The number of carbonyl (C=O) groups excluding carboxylic acids is 1. The number of amides is 1. The van der Waals surface area contributed by atoms with E-state index in [0.29, 0.717) is 24.3 Å². The summed E-state index contributed by atoms with van der Waals surface area (Å²) in [6.45, 7) is 4.22. The maximum absolute atomic E-state index is 13.0. The van der Waals surface area contributed by atoms with Crippen molar-refractivity contribution in [3.8, 4) is 5.75 Å². The number of rotatable bonds is 12. The highest BCUT2D eigenvalue weighted by Gasteiger charge is 2.45. The van der Waals surface area contributed by atoms with Crippen LogP contribution in [-0.4, -0.2) is 63.0 Å². The summed E-state index contributed by atoms with van der Waals surface area (Å²) in [6.07, 6.45) is 2.05. The number of sulfone groups is 1. The van der Waals surface area contributed by atoms with Gasteiger partial charge in [-0.1, -0.05) is 24.3 Å². The molecule has 3 rings (SSSR count). The number of hydrogen-bond donors (Lipinski definition) is 2. The fourth-order valence-corrected chi connectivity index (χ4v) is 4.69. The molecule has 1 aliphatic rings. The first-order valence-electron chi connectivity index (χ1n) is 10.6. The minimum absolute atomic E-state index is 0.0287. The molecule has 1 heterocycles. The SMILES string of the molecule is C=CCNC(=O)[C@@]1(CCS(=O)(=O)c2ccccc2)COC(c2ccc(OCCCO)cc2)=N1. The van der Waals surface area contributed by atoms with E-state index >= 15 is 0 Å². The molecular weight excluding hydrogens is 444 g/mol. The topological polar surface area (TPSA) is 114 Å². The Hall–Kier alpha value is -3.17. The van der Waals surface area contributed by atoms with Gasteiger partial charge in [0.1, 0.15) is 12.4 Å². The average Bonchev–Trinajstić information content (AvgIpc) is 3.28. The van der Waals surface area contributed by atoms with Crippen molar-refractivity contribution >= 4 is 21.6 Å². The van der Waals surface area contributed by atoms with E-state index in [2.05, 4.69) is 16.9 Å². The molecule has 0 bridgehead atoms. The van der Waals surface area contributed by atoms with E-state index in [-0.39, 0.29) is 42.7 Å². The molecule has 0 saturated carbocycles. The van der Waals surface area contributed by atoms with Crippen LogP contribution in [0.2, 0.25) is 0 Å². The highest BCUT2D eigenvalue weighted by Crippen LogP contribution is 2.28. The monoisotopic (exact) mass is 472 g/mol. The van der Waals surface area contributed by atoms with Crippen LogP contribution in [0.15, 0.2) is 77.1 Å². The summed E-state index contributed by atoms with van der Waals surface area (Å²) in [5.41, 5.74) is -0.718. The fourth-order valence-electron chi connectivity index (χ4n) is 3.28. The Morgan fingerprint density at radius 2 is 1.94 bits per heavy atom. The molecule has 0 unspecified atom stereocenters. The maximum atomic E-state index is 13.0. The number of benzene rings is 2. The molecule has 0 spiro atoms. The Morgan fingerprint density at radius 1 is 1.21 bits per heavy atom. The number of carbonyl (C=O) groups is 1. The van der Waals surface area contributed by atoms with E-state index in [1.807, 2.05) is 0 Å². The largest absolute Gasteiger partial charge is 0.494 e. The zero-order valence-electron chi connectivity index (χ0n) is 18.3. The zero-order valence-corrected chi connectivity index (χ0v) is 19.1. The van der Waals surface area contributed by atoms with E-state index in [1.54, 1.807) is 48.5 Å². The smallest absolute Gasteiger partial charge is 0.251 e. The van der Waals surface area contributed by atoms with Crippen LogP contribution in [0.3, 0.4) is 0 Å². The Balaban J connectivity index is 1.80. The average molecular weight is 473 g/mol. The molecule has 0 fully saturated rings. The van der Waals surface area contributed by atoms with Gasteiger partial charge < -0.3 is 19.9 Å². The minimum atomic E-state index is -3.60. The summed E-state index contributed by atoms with van der Waals surface area (Å²) in [7, 11) is -3.60. The van der Waals surface area contributed by atoms with Gasteiger partial charge in [-0.25, -0.2) is 13.4 Å². The van der Waals surface area contributed by atoms with Gasteiger partial charge in [-0.3, -0.25) is 4.79 Å². The van der Waals surface area contributed by atoms with Gasteiger partial charge in [0, 0.05) is 25.1 Å². The third-order valence-electron chi connectivity index (χ3n) is 5.15. The summed E-state index contributed by atoms with van der Waals surface area (Å²) in [5, 5.41) is 11.6. The number of hydrogen-bond acceptors (Lipinski definition) is 7. The number of aliphatic hydroxyl groups excluding tert-OH is 1. The molecular formula is C24H28N2O6S. The minimum Gasteiger partial charge on any atom is -0.494 e. The van der Waals surface area contributed by atoms with E-state index in [0.717, 1.165) is 0 Å². The molecule has 0 radical (unpaired) electrons. The van der Waals surface area contributed by atoms with Crippen LogP contribution in [0.1, 0.15) is 18.4 Å². The summed E-state index contributed by atoms with van der Waals surface area (Å²) >= 11 is 0. The molecule has 0 aromatic heterocycles. The molecule has 1 aliphatic heterocycles. The van der Waals surface area contributed by atoms with Gasteiger partial charge in [0.2, 0.25) is 5.90 Å². The second kappa shape index (κ2) is 11.1. The van der Waals surface area contributed by atoms with Crippen LogP contribution in [0.4, 0.5) is 0 Å². The molecule has 2 aromatic carbocycles. The van der Waals surface area contributed by atoms with Gasteiger partial charge in [-0.2, -0.15) is 0 Å². The molecule has 0 aliphatic carbocycles. The third kappa shape index (κ3) is 6.21. The first-order valence-corrected chi connectivity index (χ1v) is 12.3. The second-order valence-corrected chi connectivity index (χ2v) is 9.68. The van der Waals surface area contributed by atoms with Gasteiger partial charge in [0.15, 0.2) is 15.4 Å². The lowest BCUT2D eigenvalue weighted by atomic mass is 9.97. The molecule has 2 aromatic rings. The van der Waals surface area contributed by atoms with E-state index < -0.39 is 21.3 Å². The van der Waals surface area contributed by atoms with Crippen molar-refractivity contribution in [2.45, 2.75) is 23.3 Å². The normalized spacial score (nSPS) is 17.7. The summed E-state index contributed by atoms with van der Waals surface area (Å²) in [5.74, 6) is 0.234. The van der Waals surface area contributed by atoms with Crippen molar-refractivity contribution < 1.29 is 27.8 Å². The first kappa shape index (κ1) is 24.5. The van der Waals surface area contributed by atoms with E-state index in [4.69, 9.17) is 14.6 Å². The number of nitrogens with zero attached hydrogens (tertiary/aromatic N) is 1. The van der Waals surface area contributed by atoms with Crippen LogP contribution in [0, 0.1) is 0 Å². The molecule has 1 atom stereocenters. The Labute approximate surface area is 193 Å². The zero-order chi connectivity index (χ0) is 23.7. The molecule has 176 valence electrons. The van der Waals surface area contributed by atoms with Gasteiger partial charge in [0.25, 0.3) is 5.91 Å². The van der Waals surface area contributed by atoms with Gasteiger partial charge in [-0.05, 0) is 42.8 Å². The quantitative estimate of drug-likeness (QED) is 0.361. The summed E-state index contributed by atoms with van der Waals surface area (Å²) in [6, 6.07) is 15.1. The molecule has 0 saturated heterocycles. The lowest BCUT2D eigenvalue weighted by molar-refractivity contribution is -0.126. The number of aliphatic hydroxyl groups is 1. The highest BCUT2D eigenvalue weighted by atomic mass is 32.2. The van der Waals surface area contributed by atoms with Crippen LogP contribution in [0.25, 0.3) is 0 Å². The van der Waals surface area contributed by atoms with Crippen molar-refractivity contribution in [3.63, 3.8) is 0 Å². The highest BCUT2D eigenvalue weighted by molar-refractivity contribution is 7.91. The van der Waals surface area contributed by atoms with Gasteiger partial charge in [0.05, 0.1) is 17.3 Å². The summed E-state index contributed by atoms with van der Waals surface area (Å²) < 4.78 is 36.9. The molecule has 9 heteroatoms. The number of nitrogens with one attached hydrogen (secondary N) is 1. The third-order valence-corrected chi connectivity index (χ3v) is 6.88. The maximum Gasteiger partial charge on any atom is 0.251 e. The second-order valence-electron chi connectivity index (χ2n) is 7.57. The molecule has 1 amide bonds. The Bertz CT molecular complexity index is 1080. The van der Waals surface area contributed by atoms with Gasteiger partial charge >= 0.3 is 0 Å². The predicted octanol–water partition coefficient (Wildman–Crippen LogP) is 2.13. The lowest BCUT2D eigenvalue weighted by Gasteiger charge is -2.22. The van der Waals surface area contributed by atoms with Crippen molar-refractivity contribution in [3.05, 3.63) is 72.8 Å². The molecule has 2 N–H and O–H groups in total. The Morgan fingerprint density at radius 3 is 2.61 bits per heavy atom. The van der Waals surface area contributed by atoms with Crippen LogP contribution < -0.4 is 10.1 Å². The number of ether oxygens (including phenoxy) is 2. The van der Waals surface area contributed by atoms with Crippen molar-refractivity contribution in [2.75, 3.05) is 32.1 Å². The van der Waals surface area contributed by atoms with Crippen molar-refractivity contribution in [1.29, 1.82) is 0 Å². The van der Waals surface area contributed by atoms with Crippen molar-refractivity contribution in [2.24, 2.45) is 4.99 Å². The van der Waals surface area contributed by atoms with E-state index in [1.165, 1.54) is 12.1 Å². The standard InChI is InChI=1S/C24H28N2O6S/c1-2-14-25-23(28)24(13-17-33(29,30)21-7-4-3-5-8-21)18-32-22(26-24)19-9-11-20(12-10-19)31-16-6-15-27/h2-5,7-12,27H,1,6,13-18H2,(H,25,28)/t24-/m1/s1. The van der Waals surface area contributed by atoms with Crippen LogP contribution in [-0.2, 0) is 19.4 Å². The van der Waals surface area contributed by atoms with Gasteiger partial charge in [-0.15, -0.1) is 6.58 Å².